The van der Waals surface area contributed by atoms with Crippen LogP contribution in [0.4, 0.5) is 5.95 Å². The van der Waals surface area contributed by atoms with Crippen LogP contribution in [0.25, 0.3) is 0 Å². The van der Waals surface area contributed by atoms with Gasteiger partial charge in [0, 0.05) is 39.0 Å². The Hall–Kier alpha value is -1.78. The van der Waals surface area contributed by atoms with E-state index in [1.54, 1.807) is 0 Å². The van der Waals surface area contributed by atoms with Crippen LogP contribution in [0.15, 0.2) is 30.3 Å². The highest BCUT2D eigenvalue weighted by Crippen LogP contribution is 2.31. The zero-order chi connectivity index (χ0) is 20.4. The third-order valence-electron chi connectivity index (χ3n) is 6.15. The molecule has 0 saturated carbocycles. The van der Waals surface area contributed by atoms with Crippen LogP contribution in [-0.2, 0) is 27.4 Å². The Morgan fingerprint density at radius 2 is 1.63 bits per heavy atom. The Morgan fingerprint density at radius 3 is 2.33 bits per heavy atom. The van der Waals surface area contributed by atoms with Crippen LogP contribution in [0, 0.1) is 4.77 Å². The summed E-state index contributed by atoms with van der Waals surface area (Å²) in [5, 5.41) is 4.95. The molecular formula is C21H29N5O3S. The molecule has 3 aliphatic rings. The number of likely N-dealkylation sites (tertiary alicyclic amines) is 1. The molecule has 3 aliphatic heterocycles. The lowest BCUT2D eigenvalue weighted by Crippen LogP contribution is -2.45. The van der Waals surface area contributed by atoms with Crippen molar-refractivity contribution >= 4 is 18.2 Å². The van der Waals surface area contributed by atoms with Crippen LogP contribution in [0.5, 0.6) is 0 Å². The Kier molecular flexibility index (Phi) is 5.88. The van der Waals surface area contributed by atoms with Crippen molar-refractivity contribution in [2.75, 3.05) is 57.5 Å². The Labute approximate surface area is 181 Å². The van der Waals surface area contributed by atoms with Gasteiger partial charge in [-0.05, 0) is 17.8 Å². The molecule has 3 fully saturated rings. The molecule has 0 bridgehead atoms. The fourth-order valence-corrected chi connectivity index (χ4v) is 4.68. The Bertz CT molecular complexity index is 893. The lowest BCUT2D eigenvalue weighted by Gasteiger charge is -2.37. The number of ether oxygens (including phenoxy) is 3. The zero-order valence-electron chi connectivity index (χ0n) is 17.2. The van der Waals surface area contributed by atoms with Gasteiger partial charge in [0.05, 0.1) is 39.6 Å². The summed E-state index contributed by atoms with van der Waals surface area (Å²) in [6.45, 7) is 7.77. The van der Waals surface area contributed by atoms with E-state index in [1.807, 2.05) is 10.7 Å². The van der Waals surface area contributed by atoms with E-state index in [0.717, 1.165) is 69.5 Å². The molecule has 1 aromatic carbocycles. The minimum absolute atomic E-state index is 0.358. The number of benzene rings is 1. The lowest BCUT2D eigenvalue weighted by molar-refractivity contribution is -0.187. The number of nitrogens with zero attached hydrogens (tertiary/aromatic N) is 5. The molecule has 0 N–H and O–H groups in total. The summed E-state index contributed by atoms with van der Waals surface area (Å²) in [5.74, 6) is 0.576. The summed E-state index contributed by atoms with van der Waals surface area (Å²) in [5.41, 5.74) is 1.22. The van der Waals surface area contributed by atoms with E-state index < -0.39 is 0 Å². The van der Waals surface area contributed by atoms with Crippen LogP contribution in [0.2, 0.25) is 0 Å². The van der Waals surface area contributed by atoms with Gasteiger partial charge in [0.15, 0.2) is 5.79 Å². The topological polar surface area (TPSA) is 56.9 Å². The quantitative estimate of drug-likeness (QED) is 0.672. The van der Waals surface area contributed by atoms with Crippen LogP contribution in [0.1, 0.15) is 18.4 Å². The van der Waals surface area contributed by atoms with Gasteiger partial charge in [-0.3, -0.25) is 9.47 Å². The molecule has 2 aromatic rings. The van der Waals surface area contributed by atoms with Gasteiger partial charge in [-0.1, -0.05) is 30.3 Å². The monoisotopic (exact) mass is 431 g/mol. The molecule has 1 spiro atoms. The third-order valence-corrected chi connectivity index (χ3v) is 6.58. The van der Waals surface area contributed by atoms with Gasteiger partial charge in [0.25, 0.3) is 0 Å². The molecule has 3 saturated heterocycles. The van der Waals surface area contributed by atoms with Crippen molar-refractivity contribution in [3.8, 4) is 0 Å². The first-order valence-electron chi connectivity index (χ1n) is 10.8. The largest absolute Gasteiger partial charge is 0.378 e. The first kappa shape index (κ1) is 20.1. The van der Waals surface area contributed by atoms with Crippen LogP contribution in [-0.4, -0.2) is 77.6 Å². The van der Waals surface area contributed by atoms with Crippen molar-refractivity contribution in [2.24, 2.45) is 0 Å². The molecule has 0 atom stereocenters. The molecule has 0 unspecified atom stereocenters. The minimum Gasteiger partial charge on any atom is -0.378 e. The first-order valence-corrected chi connectivity index (χ1v) is 11.2. The second kappa shape index (κ2) is 8.76. The molecule has 30 heavy (non-hydrogen) atoms. The van der Waals surface area contributed by atoms with E-state index in [-0.39, 0.29) is 5.79 Å². The lowest BCUT2D eigenvalue weighted by atomic mass is 10.0. The summed E-state index contributed by atoms with van der Waals surface area (Å²) in [6, 6.07) is 10.4. The molecule has 162 valence electrons. The van der Waals surface area contributed by atoms with Gasteiger partial charge >= 0.3 is 0 Å². The number of hydrogen-bond donors (Lipinski definition) is 0. The van der Waals surface area contributed by atoms with E-state index in [2.05, 4.69) is 38.6 Å². The first-order chi connectivity index (χ1) is 14.7. The molecule has 4 heterocycles. The third kappa shape index (κ3) is 4.17. The van der Waals surface area contributed by atoms with Crippen molar-refractivity contribution in [1.29, 1.82) is 0 Å². The van der Waals surface area contributed by atoms with Gasteiger partial charge in [0.2, 0.25) is 10.7 Å². The SMILES string of the molecule is S=c1n(CN2CCC3(CC2)OCCO3)nc(N2CCOCC2)n1Cc1ccccc1. The van der Waals surface area contributed by atoms with Crippen molar-refractivity contribution in [3.05, 3.63) is 40.7 Å². The average molecular weight is 432 g/mol. The highest BCUT2D eigenvalue weighted by molar-refractivity contribution is 7.71. The Morgan fingerprint density at radius 1 is 0.933 bits per heavy atom. The van der Waals surface area contributed by atoms with Gasteiger partial charge in [-0.15, -0.1) is 5.10 Å². The maximum Gasteiger partial charge on any atom is 0.226 e. The molecule has 8 nitrogen and oxygen atoms in total. The van der Waals surface area contributed by atoms with E-state index in [4.69, 9.17) is 31.5 Å². The number of morpholine rings is 1. The Balaban J connectivity index is 1.36. The second-order valence-corrected chi connectivity index (χ2v) is 8.49. The number of aromatic nitrogens is 3. The number of piperidine rings is 1. The summed E-state index contributed by atoms with van der Waals surface area (Å²) in [7, 11) is 0. The van der Waals surface area contributed by atoms with Crippen LogP contribution >= 0.6 is 12.2 Å². The highest BCUT2D eigenvalue weighted by Gasteiger charge is 2.39. The molecular weight excluding hydrogens is 402 g/mol. The van der Waals surface area contributed by atoms with E-state index in [1.165, 1.54) is 5.56 Å². The van der Waals surface area contributed by atoms with Crippen molar-refractivity contribution < 1.29 is 14.2 Å². The zero-order valence-corrected chi connectivity index (χ0v) is 18.1. The smallest absolute Gasteiger partial charge is 0.226 e. The van der Waals surface area contributed by atoms with E-state index >= 15 is 0 Å². The van der Waals surface area contributed by atoms with Crippen molar-refractivity contribution in [3.63, 3.8) is 0 Å². The highest BCUT2D eigenvalue weighted by atomic mass is 32.1. The molecule has 1 aromatic heterocycles. The van der Waals surface area contributed by atoms with Crippen molar-refractivity contribution in [2.45, 2.75) is 31.8 Å². The van der Waals surface area contributed by atoms with Gasteiger partial charge in [0.1, 0.15) is 0 Å². The standard InChI is InChI=1S/C21H29N5O3S/c30-20-25(16-18-4-2-1-3-5-18)19(24-10-12-27-13-11-24)22-26(20)17-23-8-6-21(7-9-23)28-14-15-29-21/h1-5H,6-17H2. The summed E-state index contributed by atoms with van der Waals surface area (Å²) in [4.78, 5) is 4.67. The predicted octanol–water partition coefficient (Wildman–Crippen LogP) is 2.10. The molecule has 0 aliphatic carbocycles. The van der Waals surface area contributed by atoms with Crippen LogP contribution in [0.3, 0.4) is 0 Å². The molecule has 0 radical (unpaired) electrons. The number of anilines is 1. The second-order valence-electron chi connectivity index (χ2n) is 8.12. The van der Waals surface area contributed by atoms with Gasteiger partial charge in [-0.2, -0.15) is 0 Å². The van der Waals surface area contributed by atoms with Gasteiger partial charge in [-0.25, -0.2) is 4.68 Å². The average Bonchev–Trinajstić information content (AvgIpc) is 3.37. The molecule has 5 rings (SSSR count). The van der Waals surface area contributed by atoms with Crippen molar-refractivity contribution in [1.82, 2.24) is 19.2 Å². The van der Waals surface area contributed by atoms with E-state index in [0.29, 0.717) is 19.9 Å². The fraction of sp³-hybridized carbons (Fsp3) is 0.619. The van der Waals surface area contributed by atoms with Crippen LogP contribution < -0.4 is 4.90 Å². The maximum absolute atomic E-state index is 5.88. The van der Waals surface area contributed by atoms with E-state index in [9.17, 15) is 0 Å². The number of hydrogen-bond acceptors (Lipinski definition) is 7. The minimum atomic E-state index is -0.358. The normalized spacial score (nSPS) is 22.1. The maximum atomic E-state index is 5.88. The van der Waals surface area contributed by atoms with Gasteiger partial charge < -0.3 is 19.1 Å². The molecule has 0 amide bonds. The summed E-state index contributed by atoms with van der Waals surface area (Å²) >= 11 is 5.88. The number of rotatable bonds is 5. The fourth-order valence-electron chi connectivity index (χ4n) is 4.43. The summed E-state index contributed by atoms with van der Waals surface area (Å²) in [6.07, 6.45) is 1.78. The summed E-state index contributed by atoms with van der Waals surface area (Å²) < 4.78 is 22.1. The molecule has 9 heteroatoms. The predicted molar refractivity (Wildman–Crippen MR) is 115 cm³/mol.